The van der Waals surface area contributed by atoms with Crippen LogP contribution < -0.4 is 15.5 Å². The normalized spacial score (nSPS) is 20.1. The van der Waals surface area contributed by atoms with E-state index in [0.717, 1.165) is 108 Å². The van der Waals surface area contributed by atoms with Gasteiger partial charge in [0.25, 0.3) is 17.7 Å². The molecular weight excluding hydrogens is 745 g/mol. The lowest BCUT2D eigenvalue weighted by Gasteiger charge is -2.34. The van der Waals surface area contributed by atoms with E-state index in [1.165, 1.54) is 12.8 Å². The van der Waals surface area contributed by atoms with Gasteiger partial charge in [-0.15, -0.1) is 0 Å². The summed E-state index contributed by atoms with van der Waals surface area (Å²) >= 11 is 0. The fraction of sp³-hybridized carbons (Fsp3) is 0.370. The van der Waals surface area contributed by atoms with Gasteiger partial charge >= 0.3 is 0 Å². The number of nitrogens with one attached hydrogen (secondary N) is 3. The van der Waals surface area contributed by atoms with Gasteiger partial charge in [-0.05, 0) is 131 Å². The van der Waals surface area contributed by atoms with Gasteiger partial charge in [0, 0.05) is 59.9 Å². The predicted molar refractivity (Wildman–Crippen MR) is 224 cm³/mol. The molecule has 0 bridgehead atoms. The highest BCUT2D eigenvalue weighted by atomic mass is 16.2. The van der Waals surface area contributed by atoms with Crippen molar-refractivity contribution in [2.45, 2.75) is 83.3 Å². The number of aromatic amines is 1. The second-order valence-electron chi connectivity index (χ2n) is 16.4. The third-order valence-corrected chi connectivity index (χ3v) is 12.6. The summed E-state index contributed by atoms with van der Waals surface area (Å²) in [5.41, 5.74) is 7.67. The molecule has 4 aliphatic heterocycles. The van der Waals surface area contributed by atoms with Gasteiger partial charge in [-0.25, -0.2) is 4.98 Å². The Labute approximate surface area is 342 Å². The Hall–Kier alpha value is -6.21. The molecule has 4 aliphatic rings. The molecule has 0 radical (unpaired) electrons. The zero-order valence-electron chi connectivity index (χ0n) is 33.2. The van der Waals surface area contributed by atoms with Crippen LogP contribution in [0.2, 0.25) is 0 Å². The van der Waals surface area contributed by atoms with Crippen molar-refractivity contribution in [3.05, 3.63) is 107 Å². The summed E-state index contributed by atoms with van der Waals surface area (Å²) in [6, 6.07) is 22.5. The third kappa shape index (κ3) is 7.99. The fourth-order valence-electron chi connectivity index (χ4n) is 9.10. The van der Waals surface area contributed by atoms with Gasteiger partial charge in [0.05, 0.1) is 28.7 Å². The average Bonchev–Trinajstić information content (AvgIpc) is 3.92. The molecule has 3 N–H and O–H groups in total. The summed E-state index contributed by atoms with van der Waals surface area (Å²) in [5, 5.41) is 5.27. The van der Waals surface area contributed by atoms with E-state index in [0.29, 0.717) is 28.7 Å². The van der Waals surface area contributed by atoms with Crippen molar-refractivity contribution in [3.8, 4) is 11.1 Å². The SMILES string of the molecule is C[C@H]1CCCN1Cc1nc2ccc(NC(=O)c3ccc(-c4ccc(CCCC5CCN(c6ccc7c(c6)C(=O)N(C6CCC(=O)NC6=O)C7=O)CC5)nc4)cc3)cc2[nH]1. The number of benzene rings is 3. The lowest BCUT2D eigenvalue weighted by Crippen LogP contribution is -2.54. The largest absolute Gasteiger partial charge is 0.371 e. The molecular formula is C46H48N8O5. The molecule has 1 unspecified atom stereocenters. The van der Waals surface area contributed by atoms with Gasteiger partial charge in [0.15, 0.2) is 0 Å². The standard InChI is InChI=1S/C46H48N8O5/c1-28-4-3-21-53(28)27-41-49-38-16-13-34(24-39(38)50-41)48-43(56)31-9-7-30(8-10-31)32-11-12-33(47-26-32)6-2-5-29-19-22-52(23-20-29)35-14-15-36-37(25-35)46(59)54(45(36)58)40-17-18-42(55)51-44(40)57/h7-16,24-26,28-29,40H,2-6,17-23,27H2,1H3,(H,48,56)(H,49,50)(H,51,55,57)/t28-,40?/m0/s1. The number of aromatic nitrogens is 3. The van der Waals surface area contributed by atoms with Crippen molar-refractivity contribution >= 4 is 51.9 Å². The molecule has 3 saturated heterocycles. The second-order valence-corrected chi connectivity index (χ2v) is 16.4. The maximum Gasteiger partial charge on any atom is 0.262 e. The van der Waals surface area contributed by atoms with Gasteiger partial charge in [-0.3, -0.25) is 44.1 Å². The van der Waals surface area contributed by atoms with Crippen LogP contribution in [-0.2, 0) is 22.6 Å². The number of H-pyrrole nitrogens is 1. The molecule has 13 nitrogen and oxygen atoms in total. The number of amides is 5. The summed E-state index contributed by atoms with van der Waals surface area (Å²) in [7, 11) is 0. The molecule has 3 fully saturated rings. The lowest BCUT2D eigenvalue weighted by atomic mass is 9.91. The second kappa shape index (κ2) is 16.2. The molecule has 9 rings (SSSR count). The van der Waals surface area contributed by atoms with Gasteiger partial charge < -0.3 is 15.2 Å². The number of hydrogen-bond donors (Lipinski definition) is 3. The minimum Gasteiger partial charge on any atom is -0.371 e. The monoisotopic (exact) mass is 792 g/mol. The summed E-state index contributed by atoms with van der Waals surface area (Å²) in [5.74, 6) is -0.583. The first kappa shape index (κ1) is 38.3. The van der Waals surface area contributed by atoms with Crippen molar-refractivity contribution in [3.63, 3.8) is 0 Å². The summed E-state index contributed by atoms with van der Waals surface area (Å²) in [6.45, 7) is 5.88. The van der Waals surface area contributed by atoms with Crippen molar-refractivity contribution in [1.82, 2.24) is 30.1 Å². The number of carbonyl (C=O) groups excluding carboxylic acids is 5. The fourth-order valence-corrected chi connectivity index (χ4v) is 9.10. The van der Waals surface area contributed by atoms with E-state index in [1.54, 1.807) is 12.1 Å². The summed E-state index contributed by atoms with van der Waals surface area (Å²) in [4.78, 5) is 82.2. The van der Waals surface area contributed by atoms with Gasteiger partial charge in [0.2, 0.25) is 11.8 Å². The minimum atomic E-state index is -0.967. The number of hydrogen-bond acceptors (Lipinski definition) is 9. The smallest absolute Gasteiger partial charge is 0.262 e. The lowest BCUT2D eigenvalue weighted by molar-refractivity contribution is -0.136. The molecule has 13 heteroatoms. The number of imidazole rings is 1. The summed E-state index contributed by atoms with van der Waals surface area (Å²) < 4.78 is 0. The van der Waals surface area contributed by atoms with Crippen molar-refractivity contribution in [2.75, 3.05) is 29.9 Å². The maximum atomic E-state index is 13.3. The van der Waals surface area contributed by atoms with Gasteiger partial charge in [0.1, 0.15) is 11.9 Å². The Morgan fingerprint density at radius 1 is 0.847 bits per heavy atom. The minimum absolute atomic E-state index is 0.0956. The topological polar surface area (TPSA) is 161 Å². The molecule has 5 aromatic rings. The molecule has 3 aromatic carbocycles. The zero-order valence-corrected chi connectivity index (χ0v) is 33.2. The van der Waals surface area contributed by atoms with E-state index in [-0.39, 0.29) is 24.7 Å². The van der Waals surface area contributed by atoms with E-state index in [4.69, 9.17) is 9.97 Å². The number of fused-ring (bicyclic) bond motifs is 2. The first-order valence-corrected chi connectivity index (χ1v) is 20.9. The Kier molecular flexibility index (Phi) is 10.5. The van der Waals surface area contributed by atoms with Crippen LogP contribution in [0.15, 0.2) is 79.0 Å². The molecule has 0 aliphatic carbocycles. The molecule has 6 heterocycles. The molecule has 0 saturated carbocycles. The van der Waals surface area contributed by atoms with Crippen molar-refractivity contribution in [2.24, 2.45) is 5.92 Å². The highest BCUT2D eigenvalue weighted by Crippen LogP contribution is 2.33. The van der Waals surface area contributed by atoms with Crippen LogP contribution in [0.1, 0.15) is 101 Å². The molecule has 5 amide bonds. The van der Waals surface area contributed by atoms with E-state index < -0.39 is 23.8 Å². The Bertz CT molecular complexity index is 2440. The number of likely N-dealkylation sites (tertiary alicyclic amines) is 1. The number of imide groups is 2. The predicted octanol–water partition coefficient (Wildman–Crippen LogP) is 6.50. The van der Waals surface area contributed by atoms with Crippen molar-refractivity contribution in [1.29, 1.82) is 0 Å². The molecule has 59 heavy (non-hydrogen) atoms. The average molecular weight is 793 g/mol. The van der Waals surface area contributed by atoms with Gasteiger partial charge in [-0.1, -0.05) is 18.2 Å². The van der Waals surface area contributed by atoms with Crippen molar-refractivity contribution < 1.29 is 24.0 Å². The number of pyridine rings is 1. The Morgan fingerprint density at radius 2 is 1.64 bits per heavy atom. The van der Waals surface area contributed by atoms with Crippen LogP contribution in [0, 0.1) is 5.92 Å². The Morgan fingerprint density at radius 3 is 2.39 bits per heavy atom. The first-order valence-electron chi connectivity index (χ1n) is 20.9. The molecule has 0 spiro atoms. The highest BCUT2D eigenvalue weighted by Gasteiger charge is 2.44. The number of carbonyl (C=O) groups is 5. The number of anilines is 2. The number of nitrogens with zero attached hydrogens (tertiary/aromatic N) is 5. The number of piperidine rings is 2. The maximum absolute atomic E-state index is 13.3. The highest BCUT2D eigenvalue weighted by molar-refractivity contribution is 6.23. The van der Waals surface area contributed by atoms with E-state index >= 15 is 0 Å². The van der Waals surface area contributed by atoms with Crippen LogP contribution >= 0.6 is 0 Å². The first-order chi connectivity index (χ1) is 28.7. The van der Waals surface area contributed by atoms with Crippen LogP contribution in [-0.4, -0.2) is 86.0 Å². The van der Waals surface area contributed by atoms with Gasteiger partial charge in [-0.2, -0.15) is 0 Å². The van der Waals surface area contributed by atoms with E-state index in [9.17, 15) is 24.0 Å². The van der Waals surface area contributed by atoms with Crippen LogP contribution in [0.25, 0.3) is 22.2 Å². The van der Waals surface area contributed by atoms with Crippen LogP contribution in [0.4, 0.5) is 11.4 Å². The van der Waals surface area contributed by atoms with E-state index in [2.05, 4.69) is 44.5 Å². The van der Waals surface area contributed by atoms with E-state index in [1.807, 2.05) is 54.7 Å². The molecule has 2 atom stereocenters. The molecule has 2 aromatic heterocycles. The summed E-state index contributed by atoms with van der Waals surface area (Å²) in [6.07, 6.45) is 9.70. The molecule has 302 valence electrons. The number of aryl methyl sites for hydroxylation is 1. The zero-order chi connectivity index (χ0) is 40.6. The third-order valence-electron chi connectivity index (χ3n) is 12.6. The number of rotatable bonds is 11. The van der Waals surface area contributed by atoms with Crippen LogP contribution in [0.3, 0.4) is 0 Å². The van der Waals surface area contributed by atoms with Crippen LogP contribution in [0.5, 0.6) is 0 Å². The quantitative estimate of drug-likeness (QED) is 0.127. The Balaban J connectivity index is 0.726.